The summed E-state index contributed by atoms with van der Waals surface area (Å²) < 4.78 is 11.1. The van der Waals surface area contributed by atoms with Crippen LogP contribution in [0.2, 0.25) is 0 Å². The lowest BCUT2D eigenvalue weighted by Gasteiger charge is -2.31. The lowest BCUT2D eigenvalue weighted by atomic mass is 10.1. The fourth-order valence-electron chi connectivity index (χ4n) is 2.52. The number of benzene rings is 1. The highest BCUT2D eigenvalue weighted by Crippen LogP contribution is 2.28. The van der Waals surface area contributed by atoms with Gasteiger partial charge in [-0.1, -0.05) is 0 Å². The fourth-order valence-corrected chi connectivity index (χ4v) is 2.52. The molecule has 0 N–H and O–H groups in total. The molecule has 5 nitrogen and oxygen atoms in total. The van der Waals surface area contributed by atoms with Crippen LogP contribution in [0.5, 0.6) is 11.5 Å². The van der Waals surface area contributed by atoms with Gasteiger partial charge in [0.25, 0.3) is 0 Å². The Bertz CT molecular complexity index is 497. The maximum absolute atomic E-state index is 12.5. The van der Waals surface area contributed by atoms with Gasteiger partial charge in [0.2, 0.25) is 0 Å². The van der Waals surface area contributed by atoms with E-state index in [4.69, 9.17) is 9.47 Å². The molecular weight excluding hydrogens is 280 g/mol. The van der Waals surface area contributed by atoms with Gasteiger partial charge in [0.1, 0.15) is 0 Å². The van der Waals surface area contributed by atoms with Crippen molar-refractivity contribution in [2.24, 2.45) is 0 Å². The van der Waals surface area contributed by atoms with E-state index in [1.54, 1.807) is 6.07 Å². The number of rotatable bonds is 7. The van der Waals surface area contributed by atoms with Crippen LogP contribution in [0.25, 0.3) is 0 Å². The van der Waals surface area contributed by atoms with Crippen molar-refractivity contribution in [3.63, 3.8) is 0 Å². The predicted octanol–water partition coefficient (Wildman–Crippen LogP) is 1.91. The van der Waals surface area contributed by atoms with E-state index < -0.39 is 0 Å². The fraction of sp³-hybridized carbons (Fsp3) is 0.588. The van der Waals surface area contributed by atoms with Crippen LogP contribution in [0.1, 0.15) is 24.2 Å². The largest absolute Gasteiger partial charge is 0.490 e. The molecule has 122 valence electrons. The first-order chi connectivity index (χ1) is 10.6. The van der Waals surface area contributed by atoms with Gasteiger partial charge in [0.15, 0.2) is 17.3 Å². The Morgan fingerprint density at radius 1 is 1.05 bits per heavy atom. The van der Waals surface area contributed by atoms with Crippen LogP contribution in [0, 0.1) is 0 Å². The lowest BCUT2D eigenvalue weighted by molar-refractivity contribution is 0.0876. The molecule has 1 aromatic carbocycles. The van der Waals surface area contributed by atoms with Gasteiger partial charge in [0, 0.05) is 31.7 Å². The van der Waals surface area contributed by atoms with Gasteiger partial charge in [-0.15, -0.1) is 0 Å². The summed E-state index contributed by atoms with van der Waals surface area (Å²) in [7, 11) is 2.11. The van der Waals surface area contributed by atoms with Crippen LogP contribution in [0.15, 0.2) is 18.2 Å². The summed E-state index contributed by atoms with van der Waals surface area (Å²) in [4.78, 5) is 17.0. The molecular formula is C17H26N2O3. The molecule has 1 saturated heterocycles. The molecule has 1 aliphatic heterocycles. The van der Waals surface area contributed by atoms with Crippen molar-refractivity contribution >= 4 is 5.78 Å². The van der Waals surface area contributed by atoms with Crippen molar-refractivity contribution in [3.8, 4) is 11.5 Å². The summed E-state index contributed by atoms with van der Waals surface area (Å²) in [6.45, 7) is 9.37. The van der Waals surface area contributed by atoms with Gasteiger partial charge in [-0.3, -0.25) is 9.69 Å². The minimum absolute atomic E-state index is 0.133. The number of piperazine rings is 1. The Morgan fingerprint density at radius 3 is 2.32 bits per heavy atom. The van der Waals surface area contributed by atoms with Crippen LogP contribution in [-0.4, -0.2) is 68.6 Å². The predicted molar refractivity (Wildman–Crippen MR) is 87.0 cm³/mol. The van der Waals surface area contributed by atoms with Gasteiger partial charge in [0.05, 0.1) is 19.8 Å². The highest BCUT2D eigenvalue weighted by molar-refractivity contribution is 5.98. The van der Waals surface area contributed by atoms with Gasteiger partial charge >= 0.3 is 0 Å². The molecule has 1 aliphatic rings. The minimum Gasteiger partial charge on any atom is -0.490 e. The second-order valence-electron chi connectivity index (χ2n) is 5.53. The Kier molecular flexibility index (Phi) is 6.21. The second kappa shape index (κ2) is 8.15. The van der Waals surface area contributed by atoms with E-state index in [9.17, 15) is 4.79 Å². The van der Waals surface area contributed by atoms with Crippen molar-refractivity contribution in [2.75, 3.05) is 53.0 Å². The van der Waals surface area contributed by atoms with Crippen LogP contribution in [0.4, 0.5) is 0 Å². The number of Topliss-reactive ketones (excluding diaryl/α,β-unsaturated/α-hetero) is 1. The van der Waals surface area contributed by atoms with Gasteiger partial charge < -0.3 is 14.4 Å². The number of carbonyl (C=O) groups is 1. The number of nitrogens with zero attached hydrogens (tertiary/aromatic N) is 2. The molecule has 22 heavy (non-hydrogen) atoms. The first-order valence-electron chi connectivity index (χ1n) is 7.97. The van der Waals surface area contributed by atoms with E-state index in [1.807, 2.05) is 26.0 Å². The van der Waals surface area contributed by atoms with Gasteiger partial charge in [-0.25, -0.2) is 0 Å². The molecule has 0 radical (unpaired) electrons. The zero-order valence-corrected chi connectivity index (χ0v) is 13.8. The molecule has 0 bridgehead atoms. The van der Waals surface area contributed by atoms with Crippen molar-refractivity contribution in [2.45, 2.75) is 13.8 Å². The topological polar surface area (TPSA) is 42.0 Å². The zero-order chi connectivity index (χ0) is 15.9. The molecule has 0 saturated carbocycles. The van der Waals surface area contributed by atoms with Crippen molar-refractivity contribution in [3.05, 3.63) is 23.8 Å². The third-order valence-electron chi connectivity index (χ3n) is 3.83. The van der Waals surface area contributed by atoms with Crippen molar-refractivity contribution in [1.82, 2.24) is 9.80 Å². The van der Waals surface area contributed by atoms with E-state index in [2.05, 4.69) is 16.8 Å². The molecule has 0 unspecified atom stereocenters. The summed E-state index contributed by atoms with van der Waals surface area (Å²) in [5.41, 5.74) is 0.686. The van der Waals surface area contributed by atoms with Gasteiger partial charge in [-0.2, -0.15) is 0 Å². The molecule has 0 atom stereocenters. The lowest BCUT2D eigenvalue weighted by Crippen LogP contribution is -2.46. The molecule has 1 heterocycles. The molecule has 0 aliphatic carbocycles. The third-order valence-corrected chi connectivity index (χ3v) is 3.83. The summed E-state index contributed by atoms with van der Waals surface area (Å²) in [5.74, 6) is 1.47. The van der Waals surface area contributed by atoms with Crippen LogP contribution < -0.4 is 9.47 Å². The maximum Gasteiger partial charge on any atom is 0.176 e. The highest BCUT2D eigenvalue weighted by Gasteiger charge is 2.18. The van der Waals surface area contributed by atoms with E-state index in [1.165, 1.54) is 0 Å². The summed E-state index contributed by atoms with van der Waals surface area (Å²) in [5, 5.41) is 0. The average Bonchev–Trinajstić information content (AvgIpc) is 2.51. The molecule has 0 aromatic heterocycles. The number of ether oxygens (including phenoxy) is 2. The van der Waals surface area contributed by atoms with Crippen LogP contribution >= 0.6 is 0 Å². The van der Waals surface area contributed by atoms with E-state index in [0.717, 1.165) is 26.2 Å². The maximum atomic E-state index is 12.5. The first-order valence-corrected chi connectivity index (χ1v) is 7.97. The SMILES string of the molecule is CCOc1ccc(C(=O)CN2CCN(C)CC2)cc1OCC. The Hall–Kier alpha value is -1.59. The zero-order valence-electron chi connectivity index (χ0n) is 13.8. The monoisotopic (exact) mass is 306 g/mol. The van der Waals surface area contributed by atoms with Crippen LogP contribution in [0.3, 0.4) is 0 Å². The number of ketones is 1. The van der Waals surface area contributed by atoms with Crippen molar-refractivity contribution < 1.29 is 14.3 Å². The highest BCUT2D eigenvalue weighted by atomic mass is 16.5. The average molecular weight is 306 g/mol. The molecule has 0 amide bonds. The smallest absolute Gasteiger partial charge is 0.176 e. The first kappa shape index (κ1) is 16.8. The number of likely N-dealkylation sites (N-methyl/N-ethyl adjacent to an activating group) is 1. The normalized spacial score (nSPS) is 16.5. The molecule has 2 rings (SSSR count). The Labute approximate surface area is 132 Å². The van der Waals surface area contributed by atoms with Crippen LogP contribution in [-0.2, 0) is 0 Å². The summed E-state index contributed by atoms with van der Waals surface area (Å²) >= 11 is 0. The number of hydrogen-bond acceptors (Lipinski definition) is 5. The molecule has 0 spiro atoms. The Balaban J connectivity index is 2.04. The molecule has 1 fully saturated rings. The number of hydrogen-bond donors (Lipinski definition) is 0. The van der Waals surface area contributed by atoms with E-state index in [-0.39, 0.29) is 5.78 Å². The molecule has 1 aromatic rings. The third kappa shape index (κ3) is 4.45. The van der Waals surface area contributed by atoms with Crippen molar-refractivity contribution in [1.29, 1.82) is 0 Å². The number of carbonyl (C=O) groups excluding carboxylic acids is 1. The second-order valence-corrected chi connectivity index (χ2v) is 5.53. The van der Waals surface area contributed by atoms with Gasteiger partial charge in [-0.05, 0) is 39.1 Å². The summed E-state index contributed by atoms with van der Waals surface area (Å²) in [6, 6.07) is 5.45. The molecule has 5 heteroatoms. The van der Waals surface area contributed by atoms with E-state index >= 15 is 0 Å². The quantitative estimate of drug-likeness (QED) is 0.720. The minimum atomic E-state index is 0.133. The van der Waals surface area contributed by atoms with E-state index in [0.29, 0.717) is 36.8 Å². The Morgan fingerprint density at radius 2 is 1.68 bits per heavy atom. The summed E-state index contributed by atoms with van der Waals surface area (Å²) in [6.07, 6.45) is 0. The standard InChI is InChI=1S/C17H26N2O3/c1-4-21-16-7-6-14(12-17(16)22-5-2)15(20)13-19-10-8-18(3)9-11-19/h6-7,12H,4-5,8-11,13H2,1-3H3.